The molecule has 0 bridgehead atoms. The smallest absolute Gasteiger partial charge is 0.310 e. The number of hydrogen-bond acceptors (Lipinski definition) is 6. The summed E-state index contributed by atoms with van der Waals surface area (Å²) in [5.41, 5.74) is 0. The van der Waals surface area contributed by atoms with Gasteiger partial charge < -0.3 is 4.74 Å². The van der Waals surface area contributed by atoms with Crippen LogP contribution in [0.4, 0.5) is 0 Å². The number of piperidine rings is 1. The van der Waals surface area contributed by atoms with E-state index in [0.29, 0.717) is 19.8 Å². The summed E-state index contributed by atoms with van der Waals surface area (Å²) in [6.07, 6.45) is 1.88. The SMILES string of the molecule is CCOC(=O)[C@@H]1CCCN(Cn2nc(-c3cccs3)n(CC)c2=S)C1. The molecule has 0 spiro atoms. The molecule has 3 rings (SSSR count). The van der Waals surface area contributed by atoms with Gasteiger partial charge in [-0.25, -0.2) is 4.68 Å². The van der Waals surface area contributed by atoms with E-state index in [-0.39, 0.29) is 11.9 Å². The van der Waals surface area contributed by atoms with Crippen molar-refractivity contribution in [3.63, 3.8) is 0 Å². The third kappa shape index (κ3) is 4.02. The molecule has 2 aromatic rings. The molecule has 0 radical (unpaired) electrons. The highest BCUT2D eigenvalue weighted by molar-refractivity contribution is 7.71. The Morgan fingerprint density at radius 2 is 2.32 bits per heavy atom. The Hall–Kier alpha value is -1.51. The van der Waals surface area contributed by atoms with E-state index in [1.807, 2.05) is 23.1 Å². The molecule has 1 saturated heterocycles. The molecule has 1 atom stereocenters. The topological polar surface area (TPSA) is 52.3 Å². The number of rotatable bonds is 6. The summed E-state index contributed by atoms with van der Waals surface area (Å²) in [5, 5.41) is 6.80. The second kappa shape index (κ2) is 8.25. The van der Waals surface area contributed by atoms with E-state index >= 15 is 0 Å². The van der Waals surface area contributed by atoms with E-state index in [9.17, 15) is 4.79 Å². The largest absolute Gasteiger partial charge is 0.466 e. The maximum atomic E-state index is 12.0. The van der Waals surface area contributed by atoms with Gasteiger partial charge in [-0.3, -0.25) is 14.3 Å². The van der Waals surface area contributed by atoms with E-state index in [1.54, 1.807) is 11.3 Å². The molecule has 0 amide bonds. The Labute approximate surface area is 157 Å². The van der Waals surface area contributed by atoms with Crippen LogP contribution in [0.1, 0.15) is 26.7 Å². The molecule has 1 aliphatic heterocycles. The maximum absolute atomic E-state index is 12.0. The van der Waals surface area contributed by atoms with Gasteiger partial charge in [0.2, 0.25) is 0 Å². The summed E-state index contributed by atoms with van der Waals surface area (Å²) in [6.45, 7) is 7.42. The molecule has 0 aromatic carbocycles. The fraction of sp³-hybridized carbons (Fsp3) is 0.588. The third-order valence-electron chi connectivity index (χ3n) is 4.44. The minimum Gasteiger partial charge on any atom is -0.466 e. The van der Waals surface area contributed by atoms with Crippen molar-refractivity contribution >= 4 is 29.5 Å². The van der Waals surface area contributed by atoms with Crippen LogP contribution in [0.5, 0.6) is 0 Å². The average Bonchev–Trinajstić information content (AvgIpc) is 3.24. The summed E-state index contributed by atoms with van der Waals surface area (Å²) in [5.74, 6) is 0.781. The van der Waals surface area contributed by atoms with E-state index in [1.165, 1.54) is 0 Å². The van der Waals surface area contributed by atoms with Crippen molar-refractivity contribution in [1.82, 2.24) is 19.2 Å². The molecule has 136 valence electrons. The molecule has 0 N–H and O–H groups in total. The minimum absolute atomic E-state index is 0.0482. The van der Waals surface area contributed by atoms with Crippen molar-refractivity contribution in [2.75, 3.05) is 19.7 Å². The van der Waals surface area contributed by atoms with E-state index in [0.717, 1.165) is 41.4 Å². The van der Waals surface area contributed by atoms with Gasteiger partial charge in [-0.05, 0) is 56.9 Å². The van der Waals surface area contributed by atoms with E-state index in [4.69, 9.17) is 22.1 Å². The van der Waals surface area contributed by atoms with Gasteiger partial charge in [0.05, 0.1) is 24.1 Å². The Kier molecular flexibility index (Phi) is 6.03. The maximum Gasteiger partial charge on any atom is 0.310 e. The lowest BCUT2D eigenvalue weighted by molar-refractivity contribution is -0.150. The Balaban J connectivity index is 1.77. The van der Waals surface area contributed by atoms with Gasteiger partial charge in [0.15, 0.2) is 10.6 Å². The summed E-state index contributed by atoms with van der Waals surface area (Å²) >= 11 is 7.29. The number of esters is 1. The molecule has 1 aliphatic rings. The lowest BCUT2D eigenvalue weighted by Crippen LogP contribution is -2.40. The number of thiophene rings is 1. The van der Waals surface area contributed by atoms with Gasteiger partial charge in [0.1, 0.15) is 0 Å². The molecule has 8 heteroatoms. The molecular weight excluding hydrogens is 356 g/mol. The summed E-state index contributed by atoms with van der Waals surface area (Å²) in [7, 11) is 0. The van der Waals surface area contributed by atoms with Crippen molar-refractivity contribution < 1.29 is 9.53 Å². The van der Waals surface area contributed by atoms with Gasteiger partial charge in [0, 0.05) is 13.1 Å². The zero-order valence-electron chi connectivity index (χ0n) is 14.7. The first kappa shape index (κ1) is 18.3. The average molecular weight is 381 g/mol. The van der Waals surface area contributed by atoms with Crippen LogP contribution in [-0.4, -0.2) is 44.9 Å². The third-order valence-corrected chi connectivity index (χ3v) is 5.74. The number of carbonyl (C=O) groups excluding carboxylic acids is 1. The molecule has 0 aliphatic carbocycles. The van der Waals surface area contributed by atoms with Crippen molar-refractivity contribution in [2.45, 2.75) is 39.9 Å². The standard InChI is InChI=1S/C17H24N4O2S2/c1-3-20-15(14-8-6-10-25-14)18-21(17(20)24)12-19-9-5-7-13(11-19)16(22)23-4-2/h6,8,10,13H,3-5,7,9,11-12H2,1-2H3/t13-/m1/s1. The number of carbonyl (C=O) groups is 1. The molecule has 0 saturated carbocycles. The monoisotopic (exact) mass is 380 g/mol. The fourth-order valence-corrected chi connectivity index (χ4v) is 4.26. The van der Waals surface area contributed by atoms with E-state index in [2.05, 4.69) is 22.5 Å². The molecule has 1 fully saturated rings. The lowest BCUT2D eigenvalue weighted by atomic mass is 9.99. The highest BCUT2D eigenvalue weighted by atomic mass is 32.1. The predicted molar refractivity (Wildman–Crippen MR) is 101 cm³/mol. The van der Waals surface area contributed by atoms with Crippen LogP contribution in [0.25, 0.3) is 10.7 Å². The normalized spacial score (nSPS) is 18.4. The second-order valence-corrected chi connectivity index (χ2v) is 7.45. The van der Waals surface area contributed by atoms with Gasteiger partial charge in [-0.1, -0.05) is 6.07 Å². The number of likely N-dealkylation sites (tertiary alicyclic amines) is 1. The number of ether oxygens (including phenoxy) is 1. The summed E-state index contributed by atoms with van der Waals surface area (Å²) in [4.78, 5) is 15.4. The van der Waals surface area contributed by atoms with Gasteiger partial charge in [-0.2, -0.15) is 0 Å². The van der Waals surface area contributed by atoms with Gasteiger partial charge in [0.25, 0.3) is 0 Å². The van der Waals surface area contributed by atoms with Crippen molar-refractivity contribution in [2.24, 2.45) is 5.92 Å². The van der Waals surface area contributed by atoms with Crippen LogP contribution >= 0.6 is 23.6 Å². The molecule has 2 aromatic heterocycles. The second-order valence-electron chi connectivity index (χ2n) is 6.14. The lowest BCUT2D eigenvalue weighted by Gasteiger charge is -2.31. The van der Waals surface area contributed by atoms with Crippen molar-refractivity contribution in [3.05, 3.63) is 22.3 Å². The summed E-state index contributed by atoms with van der Waals surface area (Å²) in [6, 6.07) is 4.09. The van der Waals surface area contributed by atoms with Crippen LogP contribution in [-0.2, 0) is 22.7 Å². The number of aromatic nitrogens is 3. The first-order chi connectivity index (χ1) is 12.1. The fourth-order valence-electron chi connectivity index (χ4n) is 3.23. The van der Waals surface area contributed by atoms with E-state index < -0.39 is 0 Å². The number of nitrogens with zero attached hydrogens (tertiary/aromatic N) is 4. The predicted octanol–water partition coefficient (Wildman–Crippen LogP) is 3.40. The molecule has 3 heterocycles. The quantitative estimate of drug-likeness (QED) is 0.568. The van der Waals surface area contributed by atoms with Crippen LogP contribution in [0.15, 0.2) is 17.5 Å². The highest BCUT2D eigenvalue weighted by Gasteiger charge is 2.27. The zero-order valence-corrected chi connectivity index (χ0v) is 16.3. The van der Waals surface area contributed by atoms with Crippen LogP contribution in [0, 0.1) is 10.7 Å². The first-order valence-electron chi connectivity index (χ1n) is 8.74. The van der Waals surface area contributed by atoms with Crippen molar-refractivity contribution in [1.29, 1.82) is 0 Å². The van der Waals surface area contributed by atoms with Crippen molar-refractivity contribution in [3.8, 4) is 10.7 Å². The number of hydrogen-bond donors (Lipinski definition) is 0. The Morgan fingerprint density at radius 3 is 3.00 bits per heavy atom. The van der Waals surface area contributed by atoms with Gasteiger partial charge in [-0.15, -0.1) is 16.4 Å². The van der Waals surface area contributed by atoms with Gasteiger partial charge >= 0.3 is 5.97 Å². The Bertz CT molecular complexity index is 766. The molecular formula is C17H24N4O2S2. The molecule has 25 heavy (non-hydrogen) atoms. The minimum atomic E-state index is -0.0887. The summed E-state index contributed by atoms with van der Waals surface area (Å²) < 4.78 is 9.85. The molecule has 0 unspecified atom stereocenters. The molecule has 6 nitrogen and oxygen atoms in total. The Morgan fingerprint density at radius 1 is 1.48 bits per heavy atom. The highest BCUT2D eigenvalue weighted by Crippen LogP contribution is 2.24. The van der Waals surface area contributed by atoms with Crippen LogP contribution in [0.3, 0.4) is 0 Å². The first-order valence-corrected chi connectivity index (χ1v) is 10.0. The zero-order chi connectivity index (χ0) is 17.8. The van der Waals surface area contributed by atoms with Crippen LogP contribution in [0.2, 0.25) is 0 Å². The van der Waals surface area contributed by atoms with Crippen LogP contribution < -0.4 is 0 Å².